The molecule has 3 aromatic carbocycles. The molecule has 0 bridgehead atoms. The number of guanidine groups is 1. The highest BCUT2D eigenvalue weighted by Crippen LogP contribution is 2.31. The number of nitrogens with zero attached hydrogens (tertiary/aromatic N) is 2. The van der Waals surface area contributed by atoms with E-state index in [1.54, 1.807) is 0 Å². The lowest BCUT2D eigenvalue weighted by Crippen LogP contribution is -2.31. The maximum absolute atomic E-state index is 5.95. The number of anilines is 1. The number of halogens is 1. The van der Waals surface area contributed by atoms with Crippen molar-refractivity contribution < 1.29 is 0 Å². The molecule has 1 unspecified atom stereocenters. The number of nitrogens with one attached hydrogen (secondary N) is 1. The normalized spacial score (nSPS) is 17.2. The number of rotatable bonds is 2. The van der Waals surface area contributed by atoms with Gasteiger partial charge in [0.2, 0.25) is 0 Å². The fraction of sp³-hybridized carbons (Fsp3) is 0.150. The number of benzene rings is 3. The average molecular weight is 336 g/mol. The Bertz CT molecular complexity index is 897. The summed E-state index contributed by atoms with van der Waals surface area (Å²) in [7, 11) is 2.08. The number of fused-ring (bicyclic) bond motifs is 1. The van der Waals surface area contributed by atoms with E-state index in [2.05, 4.69) is 59.7 Å². The molecule has 3 nitrogen and oxygen atoms in total. The van der Waals surface area contributed by atoms with Crippen LogP contribution in [0.1, 0.15) is 11.6 Å². The predicted octanol–water partition coefficient (Wildman–Crippen LogP) is 4.95. The van der Waals surface area contributed by atoms with Gasteiger partial charge in [0.15, 0.2) is 5.96 Å². The molecule has 0 aromatic heterocycles. The van der Waals surface area contributed by atoms with Gasteiger partial charge in [-0.15, -0.1) is 0 Å². The summed E-state index contributed by atoms with van der Waals surface area (Å²) >= 11 is 5.95. The highest BCUT2D eigenvalue weighted by molar-refractivity contribution is 6.30. The van der Waals surface area contributed by atoms with Crippen LogP contribution < -0.4 is 5.32 Å². The first kappa shape index (κ1) is 15.0. The first-order chi connectivity index (χ1) is 11.7. The maximum Gasteiger partial charge on any atom is 0.198 e. The number of likely N-dealkylation sites (N-methyl/N-ethyl adjacent to an activating group) is 1. The van der Waals surface area contributed by atoms with Crippen LogP contribution in [0.15, 0.2) is 71.7 Å². The Morgan fingerprint density at radius 3 is 2.58 bits per heavy atom. The fourth-order valence-corrected chi connectivity index (χ4v) is 3.32. The molecule has 0 saturated carbocycles. The van der Waals surface area contributed by atoms with Gasteiger partial charge in [-0.05, 0) is 40.6 Å². The van der Waals surface area contributed by atoms with E-state index < -0.39 is 0 Å². The molecule has 1 atom stereocenters. The molecule has 0 radical (unpaired) electrons. The third-order valence-corrected chi connectivity index (χ3v) is 4.75. The van der Waals surface area contributed by atoms with Crippen LogP contribution in [0.4, 0.5) is 5.69 Å². The van der Waals surface area contributed by atoms with Crippen molar-refractivity contribution in [2.45, 2.75) is 6.04 Å². The predicted molar refractivity (Wildman–Crippen MR) is 102 cm³/mol. The van der Waals surface area contributed by atoms with Crippen LogP contribution in [0.25, 0.3) is 10.8 Å². The Hall–Kier alpha value is -2.52. The molecular formula is C20H18ClN3. The number of aliphatic imine (C=N–C) groups is 1. The highest BCUT2D eigenvalue weighted by atomic mass is 35.5. The van der Waals surface area contributed by atoms with Crippen molar-refractivity contribution in [2.75, 3.05) is 18.9 Å². The largest absolute Gasteiger partial charge is 0.337 e. The van der Waals surface area contributed by atoms with Crippen molar-refractivity contribution in [1.29, 1.82) is 0 Å². The fourth-order valence-electron chi connectivity index (χ4n) is 3.19. The molecule has 4 rings (SSSR count). The van der Waals surface area contributed by atoms with E-state index in [0.29, 0.717) is 0 Å². The second-order valence-corrected chi connectivity index (χ2v) is 6.43. The second kappa shape index (κ2) is 6.17. The summed E-state index contributed by atoms with van der Waals surface area (Å²) in [5, 5.41) is 6.67. The van der Waals surface area contributed by atoms with Crippen molar-refractivity contribution in [3.05, 3.63) is 77.3 Å². The van der Waals surface area contributed by atoms with E-state index in [9.17, 15) is 0 Å². The maximum atomic E-state index is 5.95. The van der Waals surface area contributed by atoms with Gasteiger partial charge in [0.05, 0.1) is 12.6 Å². The Labute approximate surface area is 146 Å². The van der Waals surface area contributed by atoms with Gasteiger partial charge in [0.1, 0.15) is 0 Å². The molecule has 1 aliphatic heterocycles. The van der Waals surface area contributed by atoms with Gasteiger partial charge in [0.25, 0.3) is 0 Å². The third-order valence-electron chi connectivity index (χ3n) is 4.50. The zero-order chi connectivity index (χ0) is 16.5. The van der Waals surface area contributed by atoms with Gasteiger partial charge < -0.3 is 10.2 Å². The van der Waals surface area contributed by atoms with E-state index in [1.165, 1.54) is 16.3 Å². The monoisotopic (exact) mass is 335 g/mol. The summed E-state index contributed by atoms with van der Waals surface area (Å²) in [5.74, 6) is 0.884. The Balaban J connectivity index is 1.60. The van der Waals surface area contributed by atoms with Crippen molar-refractivity contribution in [2.24, 2.45) is 4.99 Å². The first-order valence-electron chi connectivity index (χ1n) is 8.00. The third kappa shape index (κ3) is 2.72. The van der Waals surface area contributed by atoms with Gasteiger partial charge >= 0.3 is 0 Å². The van der Waals surface area contributed by atoms with E-state index in [0.717, 1.165) is 23.2 Å². The quantitative estimate of drug-likeness (QED) is 0.717. The first-order valence-corrected chi connectivity index (χ1v) is 8.38. The lowest BCUT2D eigenvalue weighted by molar-refractivity contribution is 0.419. The zero-order valence-electron chi connectivity index (χ0n) is 13.4. The van der Waals surface area contributed by atoms with Gasteiger partial charge in [0, 0.05) is 17.8 Å². The molecule has 1 N–H and O–H groups in total. The van der Waals surface area contributed by atoms with Crippen LogP contribution in [0, 0.1) is 0 Å². The molecular weight excluding hydrogens is 318 g/mol. The molecule has 4 heteroatoms. The molecule has 120 valence electrons. The Morgan fingerprint density at radius 2 is 1.75 bits per heavy atom. The summed E-state index contributed by atoms with van der Waals surface area (Å²) in [4.78, 5) is 6.90. The number of hydrogen-bond acceptors (Lipinski definition) is 3. The SMILES string of the molecule is CN1C(Nc2ccc(Cl)cc2)=NCC1c1cccc2ccccc12. The van der Waals surface area contributed by atoms with Gasteiger partial charge in [-0.25, -0.2) is 0 Å². The molecule has 1 heterocycles. The van der Waals surface area contributed by atoms with E-state index in [4.69, 9.17) is 16.6 Å². The minimum absolute atomic E-state index is 0.242. The van der Waals surface area contributed by atoms with Crippen LogP contribution in [-0.2, 0) is 0 Å². The van der Waals surface area contributed by atoms with Gasteiger partial charge in [-0.3, -0.25) is 4.99 Å². The molecule has 3 aromatic rings. The second-order valence-electron chi connectivity index (χ2n) is 5.99. The van der Waals surface area contributed by atoms with E-state index in [-0.39, 0.29) is 6.04 Å². The van der Waals surface area contributed by atoms with Gasteiger partial charge in [-0.2, -0.15) is 0 Å². The van der Waals surface area contributed by atoms with Crippen LogP contribution >= 0.6 is 11.6 Å². The number of hydrogen-bond donors (Lipinski definition) is 1. The van der Waals surface area contributed by atoms with Crippen LogP contribution in [0.5, 0.6) is 0 Å². The zero-order valence-corrected chi connectivity index (χ0v) is 14.2. The summed E-state index contributed by atoms with van der Waals surface area (Å²) in [5.41, 5.74) is 2.30. The molecule has 0 spiro atoms. The molecule has 0 amide bonds. The molecule has 1 aliphatic rings. The van der Waals surface area contributed by atoms with E-state index in [1.807, 2.05) is 24.3 Å². The van der Waals surface area contributed by atoms with E-state index >= 15 is 0 Å². The molecule has 0 fully saturated rings. The molecule has 24 heavy (non-hydrogen) atoms. The minimum Gasteiger partial charge on any atom is -0.337 e. The molecule has 0 saturated heterocycles. The summed E-state index contributed by atoms with van der Waals surface area (Å²) in [6, 6.07) is 22.9. The standard InChI is InChI=1S/C20H18ClN3/c1-24-19(18-8-4-6-14-5-2-3-7-17(14)18)13-22-20(24)23-16-11-9-15(21)10-12-16/h2-12,19H,13H2,1H3,(H,22,23). The van der Waals surface area contributed by atoms with Crippen LogP contribution in [-0.4, -0.2) is 24.5 Å². The van der Waals surface area contributed by atoms with Crippen LogP contribution in [0.3, 0.4) is 0 Å². The Morgan fingerprint density at radius 1 is 1.00 bits per heavy atom. The average Bonchev–Trinajstić information content (AvgIpc) is 2.97. The Kier molecular flexibility index (Phi) is 3.87. The lowest BCUT2D eigenvalue weighted by Gasteiger charge is -2.25. The smallest absolute Gasteiger partial charge is 0.198 e. The summed E-state index contributed by atoms with van der Waals surface area (Å²) in [6.07, 6.45) is 0. The van der Waals surface area contributed by atoms with Gasteiger partial charge in [-0.1, -0.05) is 54.1 Å². The topological polar surface area (TPSA) is 27.6 Å². The van der Waals surface area contributed by atoms with Crippen LogP contribution in [0.2, 0.25) is 5.02 Å². The van der Waals surface area contributed by atoms with Crippen molar-refractivity contribution in [3.63, 3.8) is 0 Å². The minimum atomic E-state index is 0.242. The van der Waals surface area contributed by atoms with Crippen molar-refractivity contribution in [1.82, 2.24) is 4.90 Å². The van der Waals surface area contributed by atoms with Crippen molar-refractivity contribution >= 4 is 34.0 Å². The summed E-state index contributed by atoms with van der Waals surface area (Å²) < 4.78 is 0. The lowest BCUT2D eigenvalue weighted by atomic mass is 9.98. The van der Waals surface area contributed by atoms with Crippen molar-refractivity contribution in [3.8, 4) is 0 Å². The highest BCUT2D eigenvalue weighted by Gasteiger charge is 2.27. The molecule has 0 aliphatic carbocycles. The summed E-state index contributed by atoms with van der Waals surface area (Å²) in [6.45, 7) is 0.750.